The van der Waals surface area contributed by atoms with Gasteiger partial charge < -0.3 is 10.2 Å². The molecule has 2 rings (SSSR count). The van der Waals surface area contributed by atoms with Crippen molar-refractivity contribution in [1.29, 1.82) is 0 Å². The maximum absolute atomic E-state index is 3.55. The van der Waals surface area contributed by atoms with Gasteiger partial charge in [0.05, 0.1) is 0 Å². The summed E-state index contributed by atoms with van der Waals surface area (Å²) < 4.78 is 0. The first-order chi connectivity index (χ1) is 8.18. The molecule has 2 nitrogen and oxygen atoms in total. The molecular weight excluding hydrogens is 451 g/mol. The Labute approximate surface area is 120 Å². The molecule has 0 saturated carbocycles. The summed E-state index contributed by atoms with van der Waals surface area (Å²) in [7, 11) is 2.16. The molecule has 1 aliphatic carbocycles. The van der Waals surface area contributed by atoms with Gasteiger partial charge in [0.1, 0.15) is 0 Å². The number of allylic oxidation sites excluding steroid dienone is 3. The van der Waals surface area contributed by atoms with E-state index in [1.165, 1.54) is 17.2 Å². The topological polar surface area (TPSA) is 15.3 Å². The van der Waals surface area contributed by atoms with Gasteiger partial charge in [0.2, 0.25) is 0 Å². The van der Waals surface area contributed by atoms with Crippen LogP contribution in [0, 0.1) is 20.2 Å². The average Bonchev–Trinajstić information content (AvgIpc) is 2.48. The standard InChI is InChI=1S/C13H19N2.C2H6.Am/c1-10-4-6-12-11(2)13(7-5-10)15(3)9-8-14-12;1-2;/h4-7,12,14H,8-9H2,1-3H3;1-2H3;/q-1;;/b6-4-,7-5-;;. The van der Waals surface area contributed by atoms with E-state index in [1.54, 1.807) is 0 Å². The Balaban J connectivity index is 0.000000917. The molecule has 0 saturated heterocycles. The smallest absolute Gasteiger partial charge is 0.0290 e. The van der Waals surface area contributed by atoms with E-state index in [9.17, 15) is 0 Å². The number of nitrogens with zero attached hydrogens (tertiary/aromatic N) is 1. The van der Waals surface area contributed by atoms with E-state index in [2.05, 4.69) is 55.4 Å². The summed E-state index contributed by atoms with van der Waals surface area (Å²) >= 11 is 0. The molecule has 0 fully saturated rings. The zero-order valence-electron chi connectivity index (χ0n) is 12.1. The molecule has 0 aromatic carbocycles. The zero-order chi connectivity index (χ0) is 12.8. The van der Waals surface area contributed by atoms with Crippen molar-refractivity contribution in [3.8, 4) is 0 Å². The van der Waals surface area contributed by atoms with Crippen LogP contribution < -0.4 is 5.32 Å². The van der Waals surface area contributed by atoms with Crippen LogP contribution in [-0.2, 0) is 0 Å². The second-order valence-electron chi connectivity index (χ2n) is 4.36. The molecule has 1 atom stereocenters. The SMILES string of the molecule is CC.CC1=C2/C=C\[C-](C)/C=C\C1NCCN2C.[Am]. The van der Waals surface area contributed by atoms with E-state index in [-0.39, 0.29) is 14.3 Å². The van der Waals surface area contributed by atoms with Crippen molar-refractivity contribution in [2.45, 2.75) is 33.7 Å². The summed E-state index contributed by atoms with van der Waals surface area (Å²) in [6.07, 6.45) is 8.87. The van der Waals surface area contributed by atoms with Crippen molar-refractivity contribution in [1.82, 2.24) is 10.2 Å². The Morgan fingerprint density at radius 3 is 2.67 bits per heavy atom. The van der Waals surface area contributed by atoms with Gasteiger partial charge >= 0.3 is 0 Å². The first-order valence-corrected chi connectivity index (χ1v) is 6.53. The van der Waals surface area contributed by atoms with Crippen molar-refractivity contribution in [2.24, 2.45) is 0 Å². The fraction of sp³-hybridized carbons (Fsp3) is 0.533. The first kappa shape index (κ1) is 17.2. The van der Waals surface area contributed by atoms with Gasteiger partial charge in [-0.2, -0.15) is 24.1 Å². The molecule has 1 heterocycles. The quantitative estimate of drug-likeness (QED) is 0.542. The summed E-state index contributed by atoms with van der Waals surface area (Å²) in [6, 6.07) is 0.393. The maximum atomic E-state index is 3.55. The average molecular weight is 476 g/mol. The van der Waals surface area contributed by atoms with Gasteiger partial charge in [-0.05, 0) is 12.6 Å². The Bertz CT molecular complexity index is 331. The van der Waals surface area contributed by atoms with Gasteiger partial charge in [-0.3, -0.25) is 0 Å². The molecule has 1 N–H and O–H groups in total. The van der Waals surface area contributed by atoms with Gasteiger partial charge in [0.15, 0.2) is 0 Å². The number of hydrogen-bond donors (Lipinski definition) is 1. The Morgan fingerprint density at radius 2 is 2.00 bits per heavy atom. The second kappa shape index (κ2) is 8.36. The van der Waals surface area contributed by atoms with Crippen LogP contribution in [0.2, 0.25) is 0 Å². The van der Waals surface area contributed by atoms with E-state index in [0.717, 1.165) is 13.1 Å². The van der Waals surface area contributed by atoms with Crippen LogP contribution in [0.15, 0.2) is 35.6 Å². The van der Waals surface area contributed by atoms with Crippen LogP contribution in [0.4, 0.5) is 0 Å². The molecular formula is C15H25AmN2-. The largest absolute Gasteiger partial charge is 0.383 e. The minimum Gasteiger partial charge on any atom is -0.383 e. The molecule has 103 valence electrons. The molecule has 3 heteroatoms. The second-order valence-corrected chi connectivity index (χ2v) is 4.36. The number of likely N-dealkylation sites (N-methyl/N-ethyl adjacent to an activating group) is 1. The van der Waals surface area contributed by atoms with E-state index in [0.29, 0.717) is 6.04 Å². The van der Waals surface area contributed by atoms with E-state index < -0.39 is 0 Å². The zero-order valence-corrected chi connectivity index (χ0v) is 15.3. The van der Waals surface area contributed by atoms with Crippen molar-refractivity contribution < 1.29 is 14.3 Å². The summed E-state index contributed by atoms with van der Waals surface area (Å²) in [5.74, 6) is 1.31. The minimum absolute atomic E-state index is 0. The Hall–Kier alpha value is -0.760. The molecule has 1 unspecified atom stereocenters. The number of nitrogens with one attached hydrogen (secondary N) is 1. The fourth-order valence-corrected chi connectivity index (χ4v) is 2.11. The normalized spacial score (nSPS) is 25.9. The van der Waals surface area contributed by atoms with Crippen LogP contribution >= 0.6 is 0 Å². The molecule has 0 amide bonds. The van der Waals surface area contributed by atoms with E-state index >= 15 is 0 Å². The Kier molecular flexibility index (Phi) is 8.01. The maximum Gasteiger partial charge on any atom is 0.0290 e. The molecule has 2 aliphatic rings. The predicted molar refractivity (Wildman–Crippen MR) is 75.7 cm³/mol. The fourth-order valence-electron chi connectivity index (χ4n) is 2.11. The third kappa shape index (κ3) is 4.16. The summed E-state index contributed by atoms with van der Waals surface area (Å²) in [5, 5.41) is 3.55. The monoisotopic (exact) mass is 474 g/mol. The number of rotatable bonds is 0. The Morgan fingerprint density at radius 1 is 1.33 bits per heavy atom. The van der Waals surface area contributed by atoms with Crippen LogP contribution in [0.1, 0.15) is 27.7 Å². The molecule has 1 radical (unpaired) electrons. The summed E-state index contributed by atoms with van der Waals surface area (Å²) in [5.41, 5.74) is 2.77. The van der Waals surface area contributed by atoms with Crippen molar-refractivity contribution >= 4 is 0 Å². The van der Waals surface area contributed by atoms with E-state index in [4.69, 9.17) is 0 Å². The van der Waals surface area contributed by atoms with Crippen molar-refractivity contribution in [2.75, 3.05) is 20.1 Å². The van der Waals surface area contributed by atoms with Gasteiger partial charge in [-0.1, -0.05) is 26.3 Å². The van der Waals surface area contributed by atoms with Gasteiger partial charge in [-0.25, -0.2) is 0 Å². The van der Waals surface area contributed by atoms with E-state index in [1.807, 2.05) is 13.8 Å². The first-order valence-electron chi connectivity index (χ1n) is 6.53. The molecule has 2 bridgehead atoms. The molecule has 1 aliphatic heterocycles. The summed E-state index contributed by atoms with van der Waals surface area (Å²) in [4.78, 5) is 2.32. The number of fused-ring (bicyclic) bond motifs is 1. The molecule has 0 spiro atoms. The van der Waals surface area contributed by atoms with Crippen LogP contribution in [-0.4, -0.2) is 31.1 Å². The van der Waals surface area contributed by atoms with Crippen LogP contribution in [0.3, 0.4) is 0 Å². The summed E-state index contributed by atoms with van der Waals surface area (Å²) in [6.45, 7) is 10.5. The molecule has 0 aromatic heterocycles. The minimum atomic E-state index is 0. The van der Waals surface area contributed by atoms with Crippen LogP contribution in [0.5, 0.6) is 0 Å². The molecule has 0 aromatic rings. The predicted octanol–water partition coefficient (Wildman–Crippen LogP) is 2.91. The van der Waals surface area contributed by atoms with Gasteiger partial charge in [-0.15, -0.1) is 6.08 Å². The third-order valence-corrected chi connectivity index (χ3v) is 3.15. The van der Waals surface area contributed by atoms with Crippen molar-refractivity contribution in [3.05, 3.63) is 41.5 Å². The third-order valence-electron chi connectivity index (χ3n) is 3.15. The number of hydrogen-bond acceptors (Lipinski definition) is 2. The van der Waals surface area contributed by atoms with Gasteiger partial charge in [0, 0.05) is 40.5 Å². The molecule has 18 heavy (non-hydrogen) atoms. The van der Waals surface area contributed by atoms with Crippen molar-refractivity contribution in [3.63, 3.8) is 0 Å². The van der Waals surface area contributed by atoms with Gasteiger partial charge in [0.25, 0.3) is 0 Å². The van der Waals surface area contributed by atoms with Crippen LogP contribution in [0.25, 0.3) is 0 Å².